The highest BCUT2D eigenvalue weighted by Crippen LogP contribution is 2.21. The van der Waals surface area contributed by atoms with E-state index in [0.717, 1.165) is 30.8 Å². The van der Waals surface area contributed by atoms with Crippen molar-refractivity contribution < 1.29 is 9.59 Å². The Morgan fingerprint density at radius 2 is 2.32 bits per heavy atom. The summed E-state index contributed by atoms with van der Waals surface area (Å²) in [6.07, 6.45) is 2.51. The predicted molar refractivity (Wildman–Crippen MR) is 90.2 cm³/mol. The van der Waals surface area contributed by atoms with Crippen molar-refractivity contribution in [3.8, 4) is 0 Å². The van der Waals surface area contributed by atoms with Crippen molar-refractivity contribution in [2.24, 2.45) is 11.7 Å². The number of primary amides is 1. The Balaban J connectivity index is 0.00000242. The molecule has 8 heteroatoms. The molecule has 124 valence electrons. The van der Waals surface area contributed by atoms with Gasteiger partial charge in [-0.2, -0.15) is 0 Å². The molecule has 0 saturated carbocycles. The minimum Gasteiger partial charge on any atom is -0.356 e. The number of carbonyl (C=O) groups is 2. The number of thiophene rings is 1. The van der Waals surface area contributed by atoms with Gasteiger partial charge in [-0.3, -0.25) is 4.79 Å². The summed E-state index contributed by atoms with van der Waals surface area (Å²) in [5.41, 5.74) is 5.18. The average molecular weight is 347 g/mol. The highest BCUT2D eigenvalue weighted by atomic mass is 35.5. The Morgan fingerprint density at radius 1 is 1.50 bits per heavy atom. The average Bonchev–Trinajstić information content (AvgIpc) is 2.99. The van der Waals surface area contributed by atoms with Crippen LogP contribution in [-0.4, -0.2) is 31.6 Å². The second-order valence-corrected chi connectivity index (χ2v) is 6.28. The summed E-state index contributed by atoms with van der Waals surface area (Å²) < 4.78 is 0. The fourth-order valence-corrected chi connectivity index (χ4v) is 3.28. The Morgan fingerprint density at radius 3 is 2.91 bits per heavy atom. The van der Waals surface area contributed by atoms with E-state index in [4.69, 9.17) is 5.73 Å². The number of hydrogen-bond acceptors (Lipinski definition) is 4. The first-order valence-corrected chi connectivity index (χ1v) is 8.10. The van der Waals surface area contributed by atoms with E-state index in [0.29, 0.717) is 12.5 Å². The van der Waals surface area contributed by atoms with Gasteiger partial charge in [0.05, 0.1) is 12.5 Å². The van der Waals surface area contributed by atoms with Crippen molar-refractivity contribution >= 4 is 35.7 Å². The maximum absolute atomic E-state index is 12.1. The van der Waals surface area contributed by atoms with Gasteiger partial charge in [-0.1, -0.05) is 6.07 Å². The van der Waals surface area contributed by atoms with E-state index in [1.165, 1.54) is 11.3 Å². The van der Waals surface area contributed by atoms with Crippen LogP contribution < -0.4 is 21.7 Å². The second-order valence-electron chi connectivity index (χ2n) is 5.30. The summed E-state index contributed by atoms with van der Waals surface area (Å²) >= 11 is 1.50. The van der Waals surface area contributed by atoms with E-state index >= 15 is 0 Å². The first kappa shape index (κ1) is 18.7. The van der Waals surface area contributed by atoms with Crippen molar-refractivity contribution in [1.29, 1.82) is 0 Å². The normalized spacial score (nSPS) is 18.8. The van der Waals surface area contributed by atoms with Crippen molar-refractivity contribution in [2.45, 2.75) is 25.3 Å². The number of nitrogens with two attached hydrogens (primary N) is 1. The summed E-state index contributed by atoms with van der Waals surface area (Å²) in [6.45, 7) is 2.70. The van der Waals surface area contributed by atoms with Gasteiger partial charge in [-0.05, 0) is 43.3 Å². The summed E-state index contributed by atoms with van der Waals surface area (Å²) in [4.78, 5) is 24.1. The lowest BCUT2D eigenvalue weighted by Crippen LogP contribution is -2.40. The standard InChI is InChI=1S/C14H22N4O2S.ClH/c15-14(20)18-11(12-4-2-6-21-12)7-13(19)17-9-10-3-1-5-16-8-10;/h2,4,6,10-11,16H,1,3,5,7-9H2,(H,17,19)(H3,15,18,20);1H. The van der Waals surface area contributed by atoms with Gasteiger partial charge in [-0.25, -0.2) is 4.79 Å². The van der Waals surface area contributed by atoms with Gasteiger partial charge < -0.3 is 21.7 Å². The molecule has 1 aromatic rings. The second kappa shape index (κ2) is 9.66. The zero-order chi connectivity index (χ0) is 15.1. The molecule has 0 radical (unpaired) electrons. The first-order valence-electron chi connectivity index (χ1n) is 7.22. The van der Waals surface area contributed by atoms with Crippen LogP contribution in [-0.2, 0) is 4.79 Å². The third-order valence-electron chi connectivity index (χ3n) is 3.58. The number of carbonyl (C=O) groups excluding carboxylic acids is 2. The molecule has 1 saturated heterocycles. The molecule has 1 aliphatic heterocycles. The molecule has 2 unspecified atom stereocenters. The Kier molecular flexibility index (Phi) is 8.22. The fourth-order valence-electron chi connectivity index (χ4n) is 2.50. The zero-order valence-electron chi connectivity index (χ0n) is 12.3. The number of amides is 3. The van der Waals surface area contributed by atoms with Crippen LogP contribution in [0.2, 0.25) is 0 Å². The fraction of sp³-hybridized carbons (Fsp3) is 0.571. The summed E-state index contributed by atoms with van der Waals surface area (Å²) in [6, 6.07) is 2.81. The number of halogens is 1. The van der Waals surface area contributed by atoms with Gasteiger partial charge >= 0.3 is 6.03 Å². The van der Waals surface area contributed by atoms with Crippen LogP contribution in [0.5, 0.6) is 0 Å². The molecule has 0 aromatic carbocycles. The highest BCUT2D eigenvalue weighted by molar-refractivity contribution is 7.10. The predicted octanol–water partition coefficient (Wildman–Crippen LogP) is 1.39. The zero-order valence-corrected chi connectivity index (χ0v) is 14.0. The van der Waals surface area contributed by atoms with E-state index in [2.05, 4.69) is 16.0 Å². The Labute approximate surface area is 140 Å². The van der Waals surface area contributed by atoms with E-state index in [1.54, 1.807) is 0 Å². The van der Waals surface area contributed by atoms with Crippen LogP contribution in [0.3, 0.4) is 0 Å². The van der Waals surface area contributed by atoms with Crippen molar-refractivity contribution in [2.75, 3.05) is 19.6 Å². The van der Waals surface area contributed by atoms with Gasteiger partial charge in [0.1, 0.15) is 0 Å². The van der Waals surface area contributed by atoms with Gasteiger partial charge in [0.2, 0.25) is 5.91 Å². The van der Waals surface area contributed by atoms with Crippen LogP contribution in [0.25, 0.3) is 0 Å². The lowest BCUT2D eigenvalue weighted by Gasteiger charge is -2.23. The van der Waals surface area contributed by atoms with Crippen LogP contribution in [0.1, 0.15) is 30.2 Å². The Hall–Kier alpha value is -1.31. The lowest BCUT2D eigenvalue weighted by molar-refractivity contribution is -0.121. The van der Waals surface area contributed by atoms with Crippen LogP contribution in [0.15, 0.2) is 17.5 Å². The molecule has 0 bridgehead atoms. The van der Waals surface area contributed by atoms with Crippen molar-refractivity contribution in [3.05, 3.63) is 22.4 Å². The Bertz CT molecular complexity index is 463. The molecule has 0 spiro atoms. The van der Waals surface area contributed by atoms with Gasteiger partial charge in [-0.15, -0.1) is 23.7 Å². The summed E-state index contributed by atoms with van der Waals surface area (Å²) in [7, 11) is 0. The number of urea groups is 1. The molecule has 1 aromatic heterocycles. The number of rotatable bonds is 6. The maximum atomic E-state index is 12.1. The monoisotopic (exact) mass is 346 g/mol. The molecule has 2 rings (SSSR count). The van der Waals surface area contributed by atoms with E-state index in [9.17, 15) is 9.59 Å². The third kappa shape index (κ3) is 6.21. The molecule has 3 amide bonds. The molecule has 1 aliphatic rings. The van der Waals surface area contributed by atoms with Gasteiger partial charge in [0.25, 0.3) is 0 Å². The maximum Gasteiger partial charge on any atom is 0.312 e. The van der Waals surface area contributed by atoms with E-state index in [1.807, 2.05) is 17.5 Å². The van der Waals surface area contributed by atoms with E-state index < -0.39 is 6.03 Å². The molecule has 6 nitrogen and oxygen atoms in total. The molecule has 0 aliphatic carbocycles. The lowest BCUT2D eigenvalue weighted by atomic mass is 9.99. The molecule has 2 atom stereocenters. The SMILES string of the molecule is Cl.NC(=O)NC(CC(=O)NCC1CCCNC1)c1cccs1. The number of piperidine rings is 1. The van der Waals surface area contributed by atoms with Gasteiger partial charge in [0, 0.05) is 11.4 Å². The van der Waals surface area contributed by atoms with Crippen LogP contribution in [0, 0.1) is 5.92 Å². The molecule has 5 N–H and O–H groups in total. The smallest absolute Gasteiger partial charge is 0.312 e. The van der Waals surface area contributed by atoms with Gasteiger partial charge in [0.15, 0.2) is 0 Å². The number of nitrogens with one attached hydrogen (secondary N) is 3. The molecular weight excluding hydrogens is 324 g/mol. The molecule has 22 heavy (non-hydrogen) atoms. The largest absolute Gasteiger partial charge is 0.356 e. The quantitative estimate of drug-likeness (QED) is 0.626. The topological polar surface area (TPSA) is 96.2 Å². The summed E-state index contributed by atoms with van der Waals surface area (Å²) in [5, 5.41) is 10.8. The van der Waals surface area contributed by atoms with Crippen molar-refractivity contribution in [1.82, 2.24) is 16.0 Å². The third-order valence-corrected chi connectivity index (χ3v) is 4.57. The minimum absolute atomic E-state index is 0. The molecule has 2 heterocycles. The number of hydrogen-bond donors (Lipinski definition) is 4. The molecular formula is C14H23ClN4O2S. The van der Waals surface area contributed by atoms with Crippen LogP contribution >= 0.6 is 23.7 Å². The van der Waals surface area contributed by atoms with Crippen molar-refractivity contribution in [3.63, 3.8) is 0 Å². The minimum atomic E-state index is -0.613. The molecule has 1 fully saturated rings. The summed E-state index contributed by atoms with van der Waals surface area (Å²) in [5.74, 6) is 0.430. The van der Waals surface area contributed by atoms with E-state index in [-0.39, 0.29) is 30.8 Å². The first-order chi connectivity index (χ1) is 10.1. The highest BCUT2D eigenvalue weighted by Gasteiger charge is 2.19. The van der Waals surface area contributed by atoms with Crippen LogP contribution in [0.4, 0.5) is 4.79 Å².